The van der Waals surface area contributed by atoms with Crippen LogP contribution in [0.15, 0.2) is 24.3 Å². The summed E-state index contributed by atoms with van der Waals surface area (Å²) in [7, 11) is 0. The number of benzene rings is 1. The SMILES string of the molecule is CCOC[C@@H](O)c1ccc(CC2CC2)cc1. The second-order valence-corrected chi connectivity index (χ2v) is 4.56. The first-order chi connectivity index (χ1) is 7.79. The van der Waals surface area contributed by atoms with Crippen LogP contribution >= 0.6 is 0 Å². The van der Waals surface area contributed by atoms with Gasteiger partial charge in [0, 0.05) is 6.61 Å². The summed E-state index contributed by atoms with van der Waals surface area (Å²) in [5.74, 6) is 0.916. The zero-order chi connectivity index (χ0) is 11.4. The highest BCUT2D eigenvalue weighted by Crippen LogP contribution is 2.32. The van der Waals surface area contributed by atoms with E-state index >= 15 is 0 Å². The Kier molecular flexibility index (Phi) is 3.97. The topological polar surface area (TPSA) is 29.5 Å². The largest absolute Gasteiger partial charge is 0.386 e. The summed E-state index contributed by atoms with van der Waals surface area (Å²) in [5, 5.41) is 9.81. The van der Waals surface area contributed by atoms with Gasteiger partial charge in [-0.3, -0.25) is 0 Å². The van der Waals surface area contributed by atoms with E-state index in [4.69, 9.17) is 4.74 Å². The maximum atomic E-state index is 9.81. The van der Waals surface area contributed by atoms with Gasteiger partial charge in [0.1, 0.15) is 6.10 Å². The molecular formula is C14H20O2. The minimum absolute atomic E-state index is 0.387. The molecule has 2 rings (SSSR count). The summed E-state index contributed by atoms with van der Waals surface area (Å²) in [5.41, 5.74) is 2.34. The molecule has 0 saturated heterocycles. The Labute approximate surface area is 97.3 Å². The highest BCUT2D eigenvalue weighted by atomic mass is 16.5. The molecule has 0 bridgehead atoms. The maximum Gasteiger partial charge on any atom is 0.102 e. The first kappa shape index (κ1) is 11.6. The number of hydrogen-bond acceptors (Lipinski definition) is 2. The summed E-state index contributed by atoms with van der Waals surface area (Å²) in [6.45, 7) is 2.97. The summed E-state index contributed by atoms with van der Waals surface area (Å²) < 4.78 is 5.20. The molecule has 2 nitrogen and oxygen atoms in total. The van der Waals surface area contributed by atoms with Crippen LogP contribution in [0.5, 0.6) is 0 Å². The van der Waals surface area contributed by atoms with Crippen molar-refractivity contribution >= 4 is 0 Å². The average molecular weight is 220 g/mol. The second-order valence-electron chi connectivity index (χ2n) is 4.56. The lowest BCUT2D eigenvalue weighted by Crippen LogP contribution is -2.07. The normalized spacial score (nSPS) is 17.4. The molecule has 0 unspecified atom stereocenters. The highest BCUT2D eigenvalue weighted by molar-refractivity contribution is 5.25. The molecule has 0 aromatic heterocycles. The van der Waals surface area contributed by atoms with Gasteiger partial charge in [-0.1, -0.05) is 24.3 Å². The molecule has 1 aliphatic rings. The third-order valence-corrected chi connectivity index (χ3v) is 3.07. The molecule has 88 valence electrons. The van der Waals surface area contributed by atoms with Crippen LogP contribution in [0.4, 0.5) is 0 Å². The molecule has 1 aromatic carbocycles. The quantitative estimate of drug-likeness (QED) is 0.798. The fraction of sp³-hybridized carbons (Fsp3) is 0.571. The number of ether oxygens (including phenoxy) is 1. The van der Waals surface area contributed by atoms with Gasteiger partial charge in [0.05, 0.1) is 6.61 Å². The van der Waals surface area contributed by atoms with E-state index < -0.39 is 6.10 Å². The molecule has 16 heavy (non-hydrogen) atoms. The maximum absolute atomic E-state index is 9.81. The van der Waals surface area contributed by atoms with Crippen LogP contribution in [0.3, 0.4) is 0 Å². The molecule has 0 heterocycles. The molecule has 0 aliphatic heterocycles. The van der Waals surface area contributed by atoms with E-state index in [1.54, 1.807) is 0 Å². The van der Waals surface area contributed by atoms with Crippen molar-refractivity contribution in [3.8, 4) is 0 Å². The molecule has 1 N–H and O–H groups in total. The summed E-state index contributed by atoms with van der Waals surface area (Å²) in [6.07, 6.45) is 3.47. The van der Waals surface area contributed by atoms with E-state index in [2.05, 4.69) is 12.1 Å². The molecule has 1 aliphatic carbocycles. The van der Waals surface area contributed by atoms with E-state index in [9.17, 15) is 5.11 Å². The number of aliphatic hydroxyl groups is 1. The predicted octanol–water partition coefficient (Wildman–Crippen LogP) is 2.71. The van der Waals surface area contributed by atoms with E-state index in [0.29, 0.717) is 13.2 Å². The number of rotatable bonds is 6. The van der Waals surface area contributed by atoms with E-state index in [-0.39, 0.29) is 0 Å². The number of hydrogen-bond donors (Lipinski definition) is 1. The first-order valence-corrected chi connectivity index (χ1v) is 6.14. The van der Waals surface area contributed by atoms with E-state index in [0.717, 1.165) is 11.5 Å². The lowest BCUT2D eigenvalue weighted by Gasteiger charge is -2.11. The first-order valence-electron chi connectivity index (χ1n) is 6.14. The Morgan fingerprint density at radius 1 is 1.31 bits per heavy atom. The average Bonchev–Trinajstić information content (AvgIpc) is 3.11. The highest BCUT2D eigenvalue weighted by Gasteiger charge is 2.21. The zero-order valence-corrected chi connectivity index (χ0v) is 9.86. The van der Waals surface area contributed by atoms with E-state index in [1.807, 2.05) is 19.1 Å². The van der Waals surface area contributed by atoms with Crippen LogP contribution in [0, 0.1) is 5.92 Å². The van der Waals surface area contributed by atoms with Crippen LogP contribution in [0.2, 0.25) is 0 Å². The third kappa shape index (κ3) is 3.32. The van der Waals surface area contributed by atoms with Crippen LogP contribution in [-0.4, -0.2) is 18.3 Å². The van der Waals surface area contributed by atoms with Crippen molar-refractivity contribution in [3.05, 3.63) is 35.4 Å². The van der Waals surface area contributed by atoms with Gasteiger partial charge in [-0.05, 0) is 43.2 Å². The van der Waals surface area contributed by atoms with Gasteiger partial charge in [0.2, 0.25) is 0 Å². The van der Waals surface area contributed by atoms with Gasteiger partial charge < -0.3 is 9.84 Å². The van der Waals surface area contributed by atoms with Gasteiger partial charge in [0.25, 0.3) is 0 Å². The number of aliphatic hydroxyl groups excluding tert-OH is 1. The molecule has 0 amide bonds. The van der Waals surface area contributed by atoms with Crippen LogP contribution in [0.25, 0.3) is 0 Å². The minimum atomic E-state index is -0.491. The Hall–Kier alpha value is -0.860. The lowest BCUT2D eigenvalue weighted by atomic mass is 10.0. The molecular weight excluding hydrogens is 200 g/mol. The van der Waals surface area contributed by atoms with Gasteiger partial charge in [-0.25, -0.2) is 0 Å². The van der Waals surface area contributed by atoms with Gasteiger partial charge >= 0.3 is 0 Å². The fourth-order valence-electron chi connectivity index (χ4n) is 1.86. The van der Waals surface area contributed by atoms with Crippen LogP contribution in [-0.2, 0) is 11.2 Å². The molecule has 1 atom stereocenters. The Bertz CT molecular complexity index is 314. The van der Waals surface area contributed by atoms with Gasteiger partial charge in [-0.15, -0.1) is 0 Å². The van der Waals surface area contributed by atoms with Crippen molar-refractivity contribution in [2.24, 2.45) is 5.92 Å². The minimum Gasteiger partial charge on any atom is -0.386 e. The van der Waals surface area contributed by atoms with Crippen molar-refractivity contribution in [2.45, 2.75) is 32.3 Å². The smallest absolute Gasteiger partial charge is 0.102 e. The Morgan fingerprint density at radius 2 is 2.00 bits per heavy atom. The lowest BCUT2D eigenvalue weighted by molar-refractivity contribution is 0.0420. The van der Waals surface area contributed by atoms with Crippen LogP contribution in [0.1, 0.15) is 37.0 Å². The Morgan fingerprint density at radius 3 is 2.56 bits per heavy atom. The molecule has 1 aromatic rings. The van der Waals surface area contributed by atoms with Crippen molar-refractivity contribution in [2.75, 3.05) is 13.2 Å². The monoisotopic (exact) mass is 220 g/mol. The summed E-state index contributed by atoms with van der Waals surface area (Å²) >= 11 is 0. The molecule has 2 heteroatoms. The predicted molar refractivity (Wildman–Crippen MR) is 64.3 cm³/mol. The van der Waals surface area contributed by atoms with Crippen molar-refractivity contribution in [3.63, 3.8) is 0 Å². The van der Waals surface area contributed by atoms with Crippen molar-refractivity contribution in [1.82, 2.24) is 0 Å². The Balaban J connectivity index is 1.89. The fourth-order valence-corrected chi connectivity index (χ4v) is 1.86. The van der Waals surface area contributed by atoms with Crippen LogP contribution < -0.4 is 0 Å². The standard InChI is InChI=1S/C14H20O2/c1-2-16-10-14(15)13-7-5-12(6-8-13)9-11-3-4-11/h5-8,11,14-15H,2-4,9-10H2,1H3/t14-/m1/s1. The van der Waals surface area contributed by atoms with Gasteiger partial charge in [0.15, 0.2) is 0 Å². The molecule has 0 radical (unpaired) electrons. The zero-order valence-electron chi connectivity index (χ0n) is 9.86. The summed E-state index contributed by atoms with van der Waals surface area (Å²) in [6, 6.07) is 8.29. The third-order valence-electron chi connectivity index (χ3n) is 3.07. The van der Waals surface area contributed by atoms with Gasteiger partial charge in [-0.2, -0.15) is 0 Å². The summed E-state index contributed by atoms with van der Waals surface area (Å²) in [4.78, 5) is 0. The van der Waals surface area contributed by atoms with Crippen molar-refractivity contribution in [1.29, 1.82) is 0 Å². The second kappa shape index (κ2) is 5.46. The molecule has 1 saturated carbocycles. The molecule has 0 spiro atoms. The van der Waals surface area contributed by atoms with Crippen molar-refractivity contribution < 1.29 is 9.84 Å². The van der Waals surface area contributed by atoms with E-state index in [1.165, 1.54) is 24.8 Å². The molecule has 1 fully saturated rings.